The molecule has 0 spiro atoms. The molecule has 3 aromatic rings. The predicted octanol–water partition coefficient (Wildman–Crippen LogP) is 3.50. The second-order valence-electron chi connectivity index (χ2n) is 6.31. The Balaban J connectivity index is 1.57. The van der Waals surface area contributed by atoms with Crippen molar-refractivity contribution in [2.24, 2.45) is 0 Å². The summed E-state index contributed by atoms with van der Waals surface area (Å²) in [5, 5.41) is 11.6. The van der Waals surface area contributed by atoms with E-state index in [4.69, 9.17) is 4.74 Å². The largest absolute Gasteiger partial charge is 0.481 e. The van der Waals surface area contributed by atoms with Crippen molar-refractivity contribution in [2.75, 3.05) is 18.1 Å². The normalized spacial score (nSPS) is 13.3. The molecule has 0 radical (unpaired) electrons. The van der Waals surface area contributed by atoms with Gasteiger partial charge >= 0.3 is 0 Å². The number of non-ortho nitro benzene ring substituents is 1. The van der Waals surface area contributed by atoms with Crippen molar-refractivity contribution in [3.8, 4) is 5.75 Å². The van der Waals surface area contributed by atoms with Crippen LogP contribution in [0.3, 0.4) is 0 Å². The van der Waals surface area contributed by atoms with E-state index in [-0.39, 0.29) is 18.2 Å². The van der Waals surface area contributed by atoms with Gasteiger partial charge in [0.15, 0.2) is 6.61 Å². The van der Waals surface area contributed by atoms with Gasteiger partial charge in [-0.2, -0.15) is 0 Å². The highest BCUT2D eigenvalue weighted by atomic mass is 16.6. The minimum Gasteiger partial charge on any atom is -0.481 e. The van der Waals surface area contributed by atoms with Crippen LogP contribution in [0.25, 0.3) is 10.9 Å². The average Bonchev–Trinajstić information content (AvgIpc) is 2.71. The van der Waals surface area contributed by atoms with E-state index < -0.39 is 4.92 Å². The maximum absolute atomic E-state index is 12.7. The molecule has 2 heterocycles. The van der Waals surface area contributed by atoms with Crippen molar-refractivity contribution in [3.63, 3.8) is 0 Å². The van der Waals surface area contributed by atoms with Crippen molar-refractivity contribution < 1.29 is 14.5 Å². The SMILES string of the molecule is O=C(COc1ccc([N+](=O)[O-])c2cccnc12)N1CCCc2ccccc21. The van der Waals surface area contributed by atoms with E-state index in [1.807, 2.05) is 24.3 Å². The van der Waals surface area contributed by atoms with Crippen LogP contribution >= 0.6 is 0 Å². The Labute approximate surface area is 155 Å². The molecule has 1 aromatic heterocycles. The average molecular weight is 363 g/mol. The summed E-state index contributed by atoms with van der Waals surface area (Å²) >= 11 is 0. The first-order valence-electron chi connectivity index (χ1n) is 8.68. The zero-order valence-electron chi connectivity index (χ0n) is 14.5. The molecule has 0 aliphatic carbocycles. The van der Waals surface area contributed by atoms with Gasteiger partial charge in [-0.15, -0.1) is 0 Å². The van der Waals surface area contributed by atoms with E-state index in [1.54, 1.807) is 23.2 Å². The van der Waals surface area contributed by atoms with E-state index in [1.165, 1.54) is 12.1 Å². The number of nitro benzene ring substituents is 1. The van der Waals surface area contributed by atoms with Crippen molar-refractivity contribution >= 4 is 28.2 Å². The Morgan fingerprint density at radius 3 is 2.89 bits per heavy atom. The number of nitro groups is 1. The summed E-state index contributed by atoms with van der Waals surface area (Å²) < 4.78 is 5.71. The van der Waals surface area contributed by atoms with Crippen LogP contribution in [0.15, 0.2) is 54.7 Å². The zero-order chi connectivity index (χ0) is 18.8. The molecule has 0 N–H and O–H groups in total. The van der Waals surface area contributed by atoms with Gasteiger partial charge in [0.1, 0.15) is 11.3 Å². The van der Waals surface area contributed by atoms with E-state index in [2.05, 4.69) is 4.98 Å². The number of carbonyl (C=O) groups is 1. The molecule has 1 aliphatic rings. The lowest BCUT2D eigenvalue weighted by molar-refractivity contribution is -0.383. The number of amides is 1. The van der Waals surface area contributed by atoms with Crippen LogP contribution in [-0.2, 0) is 11.2 Å². The lowest BCUT2D eigenvalue weighted by atomic mass is 10.0. The number of hydrogen-bond acceptors (Lipinski definition) is 5. The van der Waals surface area contributed by atoms with Gasteiger partial charge in [0.25, 0.3) is 11.6 Å². The lowest BCUT2D eigenvalue weighted by Gasteiger charge is -2.29. The number of anilines is 1. The summed E-state index contributed by atoms with van der Waals surface area (Å²) in [4.78, 5) is 29.4. The fraction of sp³-hybridized carbons (Fsp3) is 0.200. The van der Waals surface area contributed by atoms with Gasteiger partial charge in [-0.3, -0.25) is 19.9 Å². The topological polar surface area (TPSA) is 85.6 Å². The highest BCUT2D eigenvalue weighted by molar-refractivity contribution is 5.96. The smallest absolute Gasteiger partial charge is 0.279 e. The summed E-state index contributed by atoms with van der Waals surface area (Å²) in [6.45, 7) is 0.496. The third-order valence-corrected chi connectivity index (χ3v) is 4.67. The van der Waals surface area contributed by atoms with Crippen LogP contribution in [0.5, 0.6) is 5.75 Å². The molecule has 1 aliphatic heterocycles. The number of aryl methyl sites for hydroxylation is 1. The van der Waals surface area contributed by atoms with E-state index in [0.29, 0.717) is 23.2 Å². The van der Waals surface area contributed by atoms with Gasteiger partial charge in [-0.25, -0.2) is 0 Å². The maximum Gasteiger partial charge on any atom is 0.279 e. The Morgan fingerprint density at radius 1 is 1.19 bits per heavy atom. The fourth-order valence-corrected chi connectivity index (χ4v) is 3.42. The van der Waals surface area contributed by atoms with Crippen LogP contribution < -0.4 is 9.64 Å². The second-order valence-corrected chi connectivity index (χ2v) is 6.31. The Morgan fingerprint density at radius 2 is 2.04 bits per heavy atom. The Bertz CT molecular complexity index is 1030. The zero-order valence-corrected chi connectivity index (χ0v) is 14.5. The van der Waals surface area contributed by atoms with Crippen LogP contribution in [-0.4, -0.2) is 29.0 Å². The molecule has 136 valence electrons. The van der Waals surface area contributed by atoms with Crippen molar-refractivity contribution in [1.29, 1.82) is 0 Å². The molecule has 7 heteroatoms. The second kappa shape index (κ2) is 7.03. The highest BCUT2D eigenvalue weighted by Gasteiger charge is 2.23. The molecule has 0 saturated heterocycles. The molecular formula is C20H17N3O4. The molecule has 4 rings (SSSR count). The number of pyridine rings is 1. The minimum atomic E-state index is -0.455. The minimum absolute atomic E-state index is 0.0401. The molecule has 0 fully saturated rings. The summed E-state index contributed by atoms with van der Waals surface area (Å²) in [7, 11) is 0. The van der Waals surface area contributed by atoms with Crippen LogP contribution in [0.1, 0.15) is 12.0 Å². The van der Waals surface area contributed by atoms with Gasteiger partial charge in [0.05, 0.1) is 10.3 Å². The number of aromatic nitrogens is 1. The summed E-state index contributed by atoms with van der Waals surface area (Å²) in [5.74, 6) is 0.208. The fourth-order valence-electron chi connectivity index (χ4n) is 3.42. The predicted molar refractivity (Wildman–Crippen MR) is 101 cm³/mol. The number of benzene rings is 2. The molecule has 1 amide bonds. The van der Waals surface area contributed by atoms with Gasteiger partial charge in [-0.05, 0) is 42.7 Å². The molecule has 7 nitrogen and oxygen atoms in total. The number of rotatable bonds is 4. The molecular weight excluding hydrogens is 346 g/mol. The van der Waals surface area contributed by atoms with Crippen molar-refractivity contribution in [3.05, 3.63) is 70.4 Å². The van der Waals surface area contributed by atoms with Crippen LogP contribution in [0, 0.1) is 10.1 Å². The molecule has 2 aromatic carbocycles. The number of fused-ring (bicyclic) bond motifs is 2. The summed E-state index contributed by atoms with van der Waals surface area (Å²) in [5.41, 5.74) is 2.41. The quantitative estimate of drug-likeness (QED) is 0.523. The van der Waals surface area contributed by atoms with Crippen LogP contribution in [0.2, 0.25) is 0 Å². The highest BCUT2D eigenvalue weighted by Crippen LogP contribution is 2.31. The third-order valence-electron chi connectivity index (χ3n) is 4.67. The first-order chi connectivity index (χ1) is 13.1. The summed E-state index contributed by atoms with van der Waals surface area (Å²) in [6.07, 6.45) is 3.41. The first-order valence-corrected chi connectivity index (χ1v) is 8.68. The number of ether oxygens (including phenoxy) is 1. The third kappa shape index (κ3) is 3.19. The Hall–Kier alpha value is -3.48. The van der Waals surface area contributed by atoms with Gasteiger partial charge in [-0.1, -0.05) is 18.2 Å². The molecule has 27 heavy (non-hydrogen) atoms. The van der Waals surface area contributed by atoms with E-state index in [0.717, 1.165) is 24.1 Å². The Kier molecular flexibility index (Phi) is 4.42. The molecule has 0 bridgehead atoms. The number of carbonyl (C=O) groups excluding carboxylic acids is 1. The monoisotopic (exact) mass is 363 g/mol. The number of para-hydroxylation sites is 1. The van der Waals surface area contributed by atoms with Crippen molar-refractivity contribution in [2.45, 2.75) is 12.8 Å². The molecule has 0 atom stereocenters. The molecule has 0 saturated carbocycles. The van der Waals surface area contributed by atoms with E-state index in [9.17, 15) is 14.9 Å². The van der Waals surface area contributed by atoms with Gasteiger partial charge in [0.2, 0.25) is 0 Å². The lowest BCUT2D eigenvalue weighted by Crippen LogP contribution is -2.38. The number of hydrogen-bond donors (Lipinski definition) is 0. The standard InChI is InChI=1S/C20H17N3O4/c24-19(22-12-4-6-14-5-1-2-8-16(14)22)13-27-18-10-9-17(23(25)26)15-7-3-11-21-20(15)18/h1-3,5,7-11H,4,6,12-13H2. The maximum atomic E-state index is 12.7. The van der Waals surface area contributed by atoms with Crippen LogP contribution in [0.4, 0.5) is 11.4 Å². The van der Waals surface area contributed by atoms with Gasteiger partial charge in [0, 0.05) is 24.5 Å². The van der Waals surface area contributed by atoms with E-state index >= 15 is 0 Å². The van der Waals surface area contributed by atoms with Crippen molar-refractivity contribution in [1.82, 2.24) is 4.98 Å². The first kappa shape index (κ1) is 17.0. The molecule has 0 unspecified atom stereocenters. The van der Waals surface area contributed by atoms with Gasteiger partial charge < -0.3 is 9.64 Å². The number of nitrogens with zero attached hydrogens (tertiary/aromatic N) is 3. The summed E-state index contributed by atoms with van der Waals surface area (Å²) in [6, 6.07) is 14.0.